The lowest BCUT2D eigenvalue weighted by Gasteiger charge is -2.06. The molecule has 1 saturated heterocycles. The van der Waals surface area contributed by atoms with Gasteiger partial charge in [-0.15, -0.1) is 0 Å². The third-order valence-electron chi connectivity index (χ3n) is 1.70. The number of hydrogen-bond acceptors (Lipinski definition) is 6. The molecule has 6 nitrogen and oxygen atoms in total. The van der Waals surface area contributed by atoms with Gasteiger partial charge in [-0.05, 0) is 0 Å². The first-order valence-corrected chi connectivity index (χ1v) is 4.23. The molecule has 15 heavy (non-hydrogen) atoms. The third kappa shape index (κ3) is 3.31. The van der Waals surface area contributed by atoms with E-state index in [0.717, 1.165) is 0 Å². The zero-order chi connectivity index (χ0) is 11.3. The molecule has 6 heteroatoms. The second-order valence-corrected chi connectivity index (χ2v) is 2.82. The first-order valence-electron chi connectivity index (χ1n) is 4.23. The summed E-state index contributed by atoms with van der Waals surface area (Å²) in [6, 6.07) is 1.57. The van der Waals surface area contributed by atoms with Crippen LogP contribution < -0.4 is 0 Å². The van der Waals surface area contributed by atoms with Crippen molar-refractivity contribution in [2.75, 3.05) is 13.2 Å². The predicted octanol–water partition coefficient (Wildman–Crippen LogP) is 0.535. The van der Waals surface area contributed by atoms with Crippen molar-refractivity contribution in [1.82, 2.24) is 0 Å². The lowest BCUT2D eigenvalue weighted by molar-refractivity contribution is -0.139. The Kier molecular flexibility index (Phi) is 3.68. The standard InChI is InChI=1S/C9H9NO5/c1-6(4-10)8(11)13-3-2-7-5-14-9(12)15-7/h7H,1-3,5H2. The number of nitriles is 1. The number of carbonyl (C=O) groups excluding carboxylic acids is 2. The first-order chi connectivity index (χ1) is 7.13. The topological polar surface area (TPSA) is 85.6 Å². The molecule has 80 valence electrons. The lowest BCUT2D eigenvalue weighted by atomic mass is 10.3. The molecule has 1 heterocycles. The Bertz CT molecular complexity index is 330. The highest BCUT2D eigenvalue weighted by atomic mass is 16.8. The molecule has 0 amide bonds. The van der Waals surface area contributed by atoms with E-state index in [2.05, 4.69) is 16.1 Å². The number of cyclic esters (lactones) is 2. The smallest absolute Gasteiger partial charge is 0.461 e. The summed E-state index contributed by atoms with van der Waals surface area (Å²) in [5, 5.41) is 8.31. The van der Waals surface area contributed by atoms with Gasteiger partial charge in [0, 0.05) is 6.42 Å². The van der Waals surface area contributed by atoms with Crippen molar-refractivity contribution in [2.24, 2.45) is 0 Å². The molecule has 0 spiro atoms. The van der Waals surface area contributed by atoms with Crippen LogP contribution in [0, 0.1) is 11.3 Å². The van der Waals surface area contributed by atoms with Gasteiger partial charge >= 0.3 is 12.1 Å². The van der Waals surface area contributed by atoms with Crippen LogP contribution in [0.1, 0.15) is 6.42 Å². The van der Waals surface area contributed by atoms with Crippen LogP contribution in [0.4, 0.5) is 4.79 Å². The van der Waals surface area contributed by atoms with Gasteiger partial charge in [-0.2, -0.15) is 5.26 Å². The fourth-order valence-electron chi connectivity index (χ4n) is 0.923. The monoisotopic (exact) mass is 211 g/mol. The summed E-state index contributed by atoms with van der Waals surface area (Å²) in [5.41, 5.74) is -0.255. The maximum absolute atomic E-state index is 10.9. The summed E-state index contributed by atoms with van der Waals surface area (Å²) in [5.74, 6) is -0.761. The number of hydrogen-bond donors (Lipinski definition) is 0. The van der Waals surface area contributed by atoms with Crippen LogP contribution in [0.5, 0.6) is 0 Å². The Morgan fingerprint density at radius 1 is 1.73 bits per heavy atom. The molecule has 0 aromatic heterocycles. The van der Waals surface area contributed by atoms with Crippen molar-refractivity contribution in [2.45, 2.75) is 12.5 Å². The minimum absolute atomic E-state index is 0.0564. The largest absolute Gasteiger partial charge is 0.508 e. The number of nitrogens with zero attached hydrogens (tertiary/aromatic N) is 1. The van der Waals surface area contributed by atoms with Crippen LogP contribution in [0.15, 0.2) is 12.2 Å². The van der Waals surface area contributed by atoms with E-state index >= 15 is 0 Å². The highest BCUT2D eigenvalue weighted by Gasteiger charge is 2.24. The summed E-state index contributed by atoms with van der Waals surface area (Å²) < 4.78 is 13.9. The minimum Gasteiger partial charge on any atom is -0.461 e. The quantitative estimate of drug-likeness (QED) is 0.383. The van der Waals surface area contributed by atoms with E-state index in [0.29, 0.717) is 6.42 Å². The molecule has 1 unspecified atom stereocenters. The van der Waals surface area contributed by atoms with Gasteiger partial charge in [0.25, 0.3) is 0 Å². The molecular weight excluding hydrogens is 202 g/mol. The average molecular weight is 211 g/mol. The Labute approximate surface area is 86.0 Å². The van der Waals surface area contributed by atoms with Gasteiger partial charge < -0.3 is 14.2 Å². The van der Waals surface area contributed by atoms with Crippen molar-refractivity contribution >= 4 is 12.1 Å². The molecule has 0 aromatic rings. The van der Waals surface area contributed by atoms with Crippen LogP contribution in [0.2, 0.25) is 0 Å². The normalized spacial score (nSPS) is 18.6. The van der Waals surface area contributed by atoms with Crippen molar-refractivity contribution < 1.29 is 23.8 Å². The van der Waals surface area contributed by atoms with Crippen LogP contribution in [-0.4, -0.2) is 31.4 Å². The average Bonchev–Trinajstić information content (AvgIpc) is 2.63. The van der Waals surface area contributed by atoms with Crippen molar-refractivity contribution in [3.05, 3.63) is 12.2 Å². The molecule has 1 fully saturated rings. The summed E-state index contributed by atoms with van der Waals surface area (Å²) in [7, 11) is 0. The Morgan fingerprint density at radius 3 is 3.00 bits per heavy atom. The highest BCUT2D eigenvalue weighted by molar-refractivity contribution is 5.91. The number of carbonyl (C=O) groups is 2. The van der Waals surface area contributed by atoms with Crippen LogP contribution in [-0.2, 0) is 19.0 Å². The van der Waals surface area contributed by atoms with Gasteiger partial charge in [-0.1, -0.05) is 6.58 Å². The number of esters is 1. The molecule has 0 radical (unpaired) electrons. The van der Waals surface area contributed by atoms with Gasteiger partial charge in [0.2, 0.25) is 0 Å². The fraction of sp³-hybridized carbons (Fsp3) is 0.444. The summed E-state index contributed by atoms with van der Waals surface area (Å²) in [4.78, 5) is 21.4. The third-order valence-corrected chi connectivity index (χ3v) is 1.70. The minimum atomic E-state index is -0.761. The van der Waals surface area contributed by atoms with E-state index in [-0.39, 0.29) is 24.9 Å². The van der Waals surface area contributed by atoms with Gasteiger partial charge in [0.15, 0.2) is 0 Å². The van der Waals surface area contributed by atoms with Crippen LogP contribution >= 0.6 is 0 Å². The predicted molar refractivity (Wildman–Crippen MR) is 46.6 cm³/mol. The Hall–Kier alpha value is -2.03. The summed E-state index contributed by atoms with van der Waals surface area (Å²) in [6.45, 7) is 3.41. The lowest BCUT2D eigenvalue weighted by Crippen LogP contribution is -2.15. The van der Waals surface area contributed by atoms with Crippen molar-refractivity contribution in [3.63, 3.8) is 0 Å². The van der Waals surface area contributed by atoms with Gasteiger partial charge in [0.1, 0.15) is 24.4 Å². The maximum Gasteiger partial charge on any atom is 0.508 e. The first kappa shape index (κ1) is 11.0. The van der Waals surface area contributed by atoms with E-state index in [1.54, 1.807) is 6.07 Å². The zero-order valence-corrected chi connectivity index (χ0v) is 7.89. The van der Waals surface area contributed by atoms with E-state index in [1.165, 1.54) is 0 Å². The molecule has 0 bridgehead atoms. The van der Waals surface area contributed by atoms with Crippen molar-refractivity contribution in [3.8, 4) is 6.07 Å². The molecular formula is C9H9NO5. The van der Waals surface area contributed by atoms with Crippen LogP contribution in [0.25, 0.3) is 0 Å². The zero-order valence-electron chi connectivity index (χ0n) is 7.89. The number of rotatable bonds is 4. The van der Waals surface area contributed by atoms with Gasteiger partial charge in [0.05, 0.1) is 6.61 Å². The SMILES string of the molecule is C=C(C#N)C(=O)OCCC1COC(=O)O1. The van der Waals surface area contributed by atoms with E-state index < -0.39 is 12.1 Å². The molecule has 1 aliphatic rings. The molecule has 0 aliphatic carbocycles. The Balaban J connectivity index is 2.17. The van der Waals surface area contributed by atoms with E-state index in [1.807, 2.05) is 0 Å². The van der Waals surface area contributed by atoms with E-state index in [9.17, 15) is 9.59 Å². The highest BCUT2D eigenvalue weighted by Crippen LogP contribution is 2.09. The van der Waals surface area contributed by atoms with Gasteiger partial charge in [-0.25, -0.2) is 9.59 Å². The summed E-state index contributed by atoms with van der Waals surface area (Å²) >= 11 is 0. The van der Waals surface area contributed by atoms with Crippen molar-refractivity contribution in [1.29, 1.82) is 5.26 Å². The molecule has 1 aliphatic heterocycles. The fourth-order valence-corrected chi connectivity index (χ4v) is 0.923. The molecule has 0 saturated carbocycles. The molecule has 0 aromatic carbocycles. The van der Waals surface area contributed by atoms with E-state index in [4.69, 9.17) is 10.00 Å². The maximum atomic E-state index is 10.9. The van der Waals surface area contributed by atoms with Crippen LogP contribution in [0.3, 0.4) is 0 Å². The van der Waals surface area contributed by atoms with Gasteiger partial charge in [-0.3, -0.25) is 0 Å². The molecule has 1 atom stereocenters. The molecule has 1 rings (SSSR count). The molecule has 0 N–H and O–H groups in total. The summed E-state index contributed by atoms with van der Waals surface area (Å²) in [6.07, 6.45) is -0.760. The second kappa shape index (κ2) is 5.00. The second-order valence-electron chi connectivity index (χ2n) is 2.82. The Morgan fingerprint density at radius 2 is 2.47 bits per heavy atom. The number of ether oxygens (including phenoxy) is 3.